The minimum atomic E-state index is 0.176. The largest absolute Gasteiger partial charge is 0.339 e. The van der Waals surface area contributed by atoms with Crippen molar-refractivity contribution in [1.29, 1.82) is 0 Å². The van der Waals surface area contributed by atoms with E-state index in [-0.39, 0.29) is 5.78 Å². The summed E-state index contributed by atoms with van der Waals surface area (Å²) in [6.45, 7) is 0.916. The van der Waals surface area contributed by atoms with E-state index in [0.717, 1.165) is 40.7 Å². The minimum Gasteiger partial charge on any atom is -0.339 e. The third kappa shape index (κ3) is 3.46. The van der Waals surface area contributed by atoms with E-state index >= 15 is 0 Å². The number of aromatic nitrogens is 2. The molecule has 0 aliphatic carbocycles. The van der Waals surface area contributed by atoms with Gasteiger partial charge in [0.1, 0.15) is 0 Å². The van der Waals surface area contributed by atoms with Gasteiger partial charge in [-0.15, -0.1) is 0 Å². The molecule has 24 heavy (non-hydrogen) atoms. The van der Waals surface area contributed by atoms with Gasteiger partial charge in [-0.1, -0.05) is 18.2 Å². The number of nitrogens with zero attached hydrogens (tertiary/aromatic N) is 3. The van der Waals surface area contributed by atoms with Crippen molar-refractivity contribution in [1.82, 2.24) is 14.6 Å². The van der Waals surface area contributed by atoms with Gasteiger partial charge in [-0.3, -0.25) is 14.5 Å². The number of ketones is 1. The van der Waals surface area contributed by atoms with Crippen molar-refractivity contribution < 1.29 is 4.79 Å². The first-order valence-electron chi connectivity index (χ1n) is 8.05. The zero-order valence-corrected chi connectivity index (χ0v) is 14.1. The molecule has 3 aromatic rings. The number of pyridine rings is 1. The molecule has 0 radical (unpaired) electrons. The van der Waals surface area contributed by atoms with Crippen LogP contribution in [-0.2, 0) is 0 Å². The van der Waals surface area contributed by atoms with Crippen molar-refractivity contribution in [2.24, 2.45) is 0 Å². The van der Waals surface area contributed by atoms with Gasteiger partial charge in [-0.2, -0.15) is 0 Å². The van der Waals surface area contributed by atoms with E-state index in [4.69, 9.17) is 5.84 Å². The fraction of sp³-hybridized carbons (Fsp3) is 0.263. The molecule has 124 valence electrons. The van der Waals surface area contributed by atoms with Crippen molar-refractivity contribution in [2.75, 3.05) is 26.5 Å². The maximum absolute atomic E-state index is 12.4. The zero-order valence-electron chi connectivity index (χ0n) is 14.1. The highest BCUT2D eigenvalue weighted by molar-refractivity contribution is 5.97. The van der Waals surface area contributed by atoms with Gasteiger partial charge in [0.25, 0.3) is 0 Å². The Balaban J connectivity index is 1.83. The second-order valence-electron chi connectivity index (χ2n) is 6.26. The number of fused-ring (bicyclic) bond motifs is 1. The van der Waals surface area contributed by atoms with E-state index < -0.39 is 0 Å². The molecule has 2 aromatic heterocycles. The molecule has 0 atom stereocenters. The number of rotatable bonds is 6. The molecule has 2 heterocycles. The third-order valence-corrected chi connectivity index (χ3v) is 4.10. The number of benzene rings is 1. The van der Waals surface area contributed by atoms with Crippen molar-refractivity contribution in [3.8, 4) is 11.1 Å². The second-order valence-corrected chi connectivity index (χ2v) is 6.26. The molecule has 3 rings (SSSR count). The molecule has 0 aliphatic rings. The van der Waals surface area contributed by atoms with E-state index in [1.807, 2.05) is 56.7 Å². The second kappa shape index (κ2) is 6.84. The molecular formula is C19H22N4O. The Hall–Kier alpha value is -2.66. The number of Topliss-reactive ketones (excluding diaryl/α,β-unsaturated/α-hetero) is 1. The van der Waals surface area contributed by atoms with E-state index in [1.54, 1.807) is 10.9 Å². The Labute approximate surface area is 141 Å². The van der Waals surface area contributed by atoms with E-state index in [1.165, 1.54) is 0 Å². The summed E-state index contributed by atoms with van der Waals surface area (Å²) in [5, 5.41) is 0. The molecule has 2 N–H and O–H groups in total. The van der Waals surface area contributed by atoms with Crippen LogP contribution in [0.1, 0.15) is 23.2 Å². The van der Waals surface area contributed by atoms with Gasteiger partial charge in [0.05, 0.1) is 11.0 Å². The standard InChI is InChI=1S/C19H22N4O/c1-22(2)9-4-7-19(24)15-6-3-5-14(11-15)16-12-18-17(21-13-16)8-10-23(18)20/h3,5-6,8,10-13H,4,7,9,20H2,1-2H3. The predicted octanol–water partition coefficient (Wildman–Crippen LogP) is 2.94. The number of hydrogen-bond donors (Lipinski definition) is 1. The Bertz CT molecular complexity index is 867. The average Bonchev–Trinajstić information content (AvgIpc) is 2.95. The van der Waals surface area contributed by atoms with Crippen LogP contribution in [0, 0.1) is 0 Å². The molecular weight excluding hydrogens is 300 g/mol. The fourth-order valence-electron chi connectivity index (χ4n) is 2.76. The molecule has 0 spiro atoms. The molecule has 1 aromatic carbocycles. The lowest BCUT2D eigenvalue weighted by atomic mass is 10.0. The van der Waals surface area contributed by atoms with Crippen LogP contribution >= 0.6 is 0 Å². The van der Waals surface area contributed by atoms with Crippen LogP contribution in [0.5, 0.6) is 0 Å². The van der Waals surface area contributed by atoms with Gasteiger partial charge in [0.15, 0.2) is 5.78 Å². The highest BCUT2D eigenvalue weighted by Gasteiger charge is 2.09. The van der Waals surface area contributed by atoms with E-state index in [2.05, 4.69) is 9.88 Å². The van der Waals surface area contributed by atoms with Crippen LogP contribution < -0.4 is 5.84 Å². The first-order chi connectivity index (χ1) is 11.5. The highest BCUT2D eigenvalue weighted by Crippen LogP contribution is 2.24. The summed E-state index contributed by atoms with van der Waals surface area (Å²) in [6, 6.07) is 11.6. The SMILES string of the molecule is CN(C)CCCC(=O)c1cccc(-c2cnc3ccn(N)c3c2)c1. The van der Waals surface area contributed by atoms with E-state index in [9.17, 15) is 4.79 Å². The molecule has 0 amide bonds. The average molecular weight is 322 g/mol. The van der Waals surface area contributed by atoms with Gasteiger partial charge in [-0.05, 0) is 50.8 Å². The lowest BCUT2D eigenvalue weighted by molar-refractivity contribution is 0.0977. The van der Waals surface area contributed by atoms with Crippen LogP contribution in [0.4, 0.5) is 0 Å². The van der Waals surface area contributed by atoms with Crippen molar-refractivity contribution in [3.05, 3.63) is 54.4 Å². The molecule has 5 nitrogen and oxygen atoms in total. The molecule has 0 aliphatic heterocycles. The fourth-order valence-corrected chi connectivity index (χ4v) is 2.76. The van der Waals surface area contributed by atoms with Crippen LogP contribution in [0.3, 0.4) is 0 Å². The lowest BCUT2D eigenvalue weighted by Gasteiger charge is -2.09. The van der Waals surface area contributed by atoms with E-state index in [0.29, 0.717) is 6.42 Å². The quantitative estimate of drug-likeness (QED) is 0.560. The molecule has 5 heteroatoms. The van der Waals surface area contributed by atoms with Crippen LogP contribution in [0.25, 0.3) is 22.2 Å². The Morgan fingerprint density at radius 1 is 1.21 bits per heavy atom. The smallest absolute Gasteiger partial charge is 0.162 e. The number of hydrogen-bond acceptors (Lipinski definition) is 4. The van der Waals surface area contributed by atoms with Crippen molar-refractivity contribution >= 4 is 16.8 Å². The maximum Gasteiger partial charge on any atom is 0.162 e. The van der Waals surface area contributed by atoms with Crippen LogP contribution in [-0.4, -0.2) is 41.0 Å². The summed E-state index contributed by atoms with van der Waals surface area (Å²) in [5.74, 6) is 6.07. The van der Waals surface area contributed by atoms with Crippen molar-refractivity contribution in [2.45, 2.75) is 12.8 Å². The van der Waals surface area contributed by atoms with Crippen LogP contribution in [0.15, 0.2) is 48.8 Å². The van der Waals surface area contributed by atoms with Gasteiger partial charge in [0, 0.05) is 29.9 Å². The topological polar surface area (TPSA) is 64.2 Å². The summed E-state index contributed by atoms with van der Waals surface area (Å²) >= 11 is 0. The monoisotopic (exact) mass is 322 g/mol. The predicted molar refractivity (Wildman–Crippen MR) is 97.4 cm³/mol. The summed E-state index contributed by atoms with van der Waals surface area (Å²) in [6.07, 6.45) is 5.03. The summed E-state index contributed by atoms with van der Waals surface area (Å²) in [4.78, 5) is 18.9. The maximum atomic E-state index is 12.4. The Morgan fingerprint density at radius 3 is 2.83 bits per heavy atom. The molecule has 0 saturated carbocycles. The summed E-state index contributed by atoms with van der Waals surface area (Å²) < 4.78 is 1.56. The number of carbonyl (C=O) groups excluding carboxylic acids is 1. The number of carbonyl (C=O) groups is 1. The summed E-state index contributed by atoms with van der Waals surface area (Å²) in [5.41, 5.74) is 4.40. The molecule has 0 fully saturated rings. The summed E-state index contributed by atoms with van der Waals surface area (Å²) in [7, 11) is 4.03. The Kier molecular flexibility index (Phi) is 4.62. The lowest BCUT2D eigenvalue weighted by Crippen LogP contribution is -2.14. The molecule has 0 saturated heterocycles. The van der Waals surface area contributed by atoms with Crippen LogP contribution in [0.2, 0.25) is 0 Å². The van der Waals surface area contributed by atoms with Gasteiger partial charge in [-0.25, -0.2) is 0 Å². The number of nitrogen functional groups attached to an aromatic ring is 1. The first kappa shape index (κ1) is 16.2. The highest BCUT2D eigenvalue weighted by atomic mass is 16.1. The van der Waals surface area contributed by atoms with Gasteiger partial charge >= 0.3 is 0 Å². The molecule has 0 bridgehead atoms. The van der Waals surface area contributed by atoms with Gasteiger partial charge < -0.3 is 10.7 Å². The Morgan fingerprint density at radius 2 is 2.04 bits per heavy atom. The zero-order chi connectivity index (χ0) is 17.1. The third-order valence-electron chi connectivity index (χ3n) is 4.10. The van der Waals surface area contributed by atoms with Crippen molar-refractivity contribution in [3.63, 3.8) is 0 Å². The minimum absolute atomic E-state index is 0.176. The van der Waals surface area contributed by atoms with Gasteiger partial charge in [0.2, 0.25) is 0 Å². The number of nitrogens with two attached hydrogens (primary N) is 1. The molecule has 0 unspecified atom stereocenters. The normalized spacial score (nSPS) is 11.3. The first-order valence-corrected chi connectivity index (χ1v) is 8.05.